The van der Waals surface area contributed by atoms with Crippen molar-refractivity contribution in [3.05, 3.63) is 59.1 Å². The van der Waals surface area contributed by atoms with Crippen molar-refractivity contribution in [3.63, 3.8) is 0 Å². The van der Waals surface area contributed by atoms with Gasteiger partial charge in [-0.2, -0.15) is 0 Å². The molecule has 0 bridgehead atoms. The van der Waals surface area contributed by atoms with Gasteiger partial charge >= 0.3 is 0 Å². The lowest BCUT2D eigenvalue weighted by molar-refractivity contribution is 0.627. The Labute approximate surface area is 148 Å². The van der Waals surface area contributed by atoms with E-state index in [-0.39, 0.29) is 0 Å². The highest BCUT2D eigenvalue weighted by molar-refractivity contribution is 9.10. The molecule has 0 spiro atoms. The van der Waals surface area contributed by atoms with Crippen LogP contribution in [0.15, 0.2) is 64.0 Å². The molecular formula is C19H25BrSSi. The fourth-order valence-electron chi connectivity index (χ4n) is 2.79. The summed E-state index contributed by atoms with van der Waals surface area (Å²) in [5.74, 6) is 2.03. The van der Waals surface area contributed by atoms with Crippen LogP contribution in [-0.2, 0) is 0 Å². The second-order valence-electron chi connectivity index (χ2n) is 6.49. The van der Waals surface area contributed by atoms with Gasteiger partial charge in [0.05, 0.1) is 8.07 Å². The smallest absolute Gasteiger partial charge is 0.0809 e. The van der Waals surface area contributed by atoms with E-state index < -0.39 is 8.07 Å². The summed E-state index contributed by atoms with van der Waals surface area (Å²) in [6, 6.07) is 21.2. The Morgan fingerprint density at radius 3 is 2.23 bits per heavy atom. The Morgan fingerprint density at radius 2 is 1.64 bits per heavy atom. The van der Waals surface area contributed by atoms with E-state index in [1.165, 1.54) is 23.1 Å². The topological polar surface area (TPSA) is 0 Å². The third-order valence-electron chi connectivity index (χ3n) is 4.23. The molecule has 0 saturated heterocycles. The minimum absolute atomic E-state index is 0.801. The van der Waals surface area contributed by atoms with Crippen LogP contribution in [0.25, 0.3) is 0 Å². The minimum atomic E-state index is -1.33. The molecule has 0 amide bonds. The van der Waals surface area contributed by atoms with Gasteiger partial charge in [-0.05, 0) is 36.2 Å². The van der Waals surface area contributed by atoms with Crippen molar-refractivity contribution in [1.82, 2.24) is 0 Å². The summed E-state index contributed by atoms with van der Waals surface area (Å²) < 4.78 is 1.15. The second-order valence-corrected chi connectivity index (χ2v) is 13.3. The van der Waals surface area contributed by atoms with Gasteiger partial charge < -0.3 is 0 Å². The monoisotopic (exact) mass is 392 g/mol. The fraction of sp³-hybridized carbons (Fsp3) is 0.368. The Bertz CT molecular complexity index is 566. The molecule has 0 heterocycles. The van der Waals surface area contributed by atoms with E-state index in [2.05, 4.69) is 90.5 Å². The fourth-order valence-corrected chi connectivity index (χ4v) is 7.59. The average molecular weight is 393 g/mol. The van der Waals surface area contributed by atoms with E-state index in [9.17, 15) is 0 Å². The Hall–Kier alpha value is -0.513. The molecule has 0 saturated carbocycles. The quantitative estimate of drug-likeness (QED) is 0.400. The summed E-state index contributed by atoms with van der Waals surface area (Å²) >= 11 is 5.50. The predicted molar refractivity (Wildman–Crippen MR) is 107 cm³/mol. The number of halogens is 1. The SMILES string of the molecule is CCC(CSc1ccc(Br)cc1)C[Si](C)(C)c1ccccc1. The zero-order chi connectivity index (χ0) is 16.0. The lowest BCUT2D eigenvalue weighted by Crippen LogP contribution is -2.43. The van der Waals surface area contributed by atoms with E-state index in [1.54, 1.807) is 5.19 Å². The van der Waals surface area contributed by atoms with E-state index in [0.717, 1.165) is 10.4 Å². The van der Waals surface area contributed by atoms with Crippen LogP contribution in [0.4, 0.5) is 0 Å². The van der Waals surface area contributed by atoms with Crippen molar-refractivity contribution in [3.8, 4) is 0 Å². The van der Waals surface area contributed by atoms with E-state index >= 15 is 0 Å². The van der Waals surface area contributed by atoms with Crippen molar-refractivity contribution >= 4 is 41.0 Å². The van der Waals surface area contributed by atoms with E-state index in [4.69, 9.17) is 0 Å². The number of hydrogen-bond acceptors (Lipinski definition) is 1. The molecule has 0 nitrogen and oxygen atoms in total. The maximum absolute atomic E-state index is 3.50. The van der Waals surface area contributed by atoms with Crippen LogP contribution in [0.3, 0.4) is 0 Å². The van der Waals surface area contributed by atoms with Gasteiger partial charge in [-0.25, -0.2) is 0 Å². The molecule has 0 aromatic heterocycles. The molecular weight excluding hydrogens is 368 g/mol. The highest BCUT2D eigenvalue weighted by Gasteiger charge is 2.26. The molecule has 118 valence electrons. The van der Waals surface area contributed by atoms with Crippen molar-refractivity contribution in [2.45, 2.75) is 37.4 Å². The zero-order valence-corrected chi connectivity index (χ0v) is 17.1. The Balaban J connectivity index is 1.95. The Kier molecular flexibility index (Phi) is 6.79. The molecule has 2 aromatic rings. The van der Waals surface area contributed by atoms with Crippen molar-refractivity contribution in [2.75, 3.05) is 5.75 Å². The summed E-state index contributed by atoms with van der Waals surface area (Å²) in [6.45, 7) is 7.35. The molecule has 0 aliphatic heterocycles. The maximum atomic E-state index is 3.50. The minimum Gasteiger partial charge on any atom is -0.126 e. The van der Waals surface area contributed by atoms with Crippen molar-refractivity contribution in [2.24, 2.45) is 5.92 Å². The predicted octanol–water partition coefficient (Wildman–Crippen LogP) is 6.18. The Morgan fingerprint density at radius 1 is 1.00 bits per heavy atom. The largest absolute Gasteiger partial charge is 0.126 e. The van der Waals surface area contributed by atoms with Crippen molar-refractivity contribution in [1.29, 1.82) is 0 Å². The van der Waals surface area contributed by atoms with Gasteiger partial charge in [0, 0.05) is 15.1 Å². The van der Waals surface area contributed by atoms with Gasteiger partial charge in [0.1, 0.15) is 0 Å². The number of rotatable bonds is 7. The lowest BCUT2D eigenvalue weighted by Gasteiger charge is -2.28. The van der Waals surface area contributed by atoms with Crippen LogP contribution < -0.4 is 5.19 Å². The number of hydrogen-bond donors (Lipinski definition) is 0. The van der Waals surface area contributed by atoms with Gasteiger partial charge in [0.25, 0.3) is 0 Å². The highest BCUT2D eigenvalue weighted by atomic mass is 79.9. The molecule has 0 radical (unpaired) electrons. The van der Waals surface area contributed by atoms with Crippen LogP contribution in [0, 0.1) is 5.92 Å². The molecule has 0 aliphatic rings. The normalized spacial score (nSPS) is 13.1. The summed E-state index contributed by atoms with van der Waals surface area (Å²) in [4.78, 5) is 1.38. The van der Waals surface area contributed by atoms with Gasteiger partial charge in [0.15, 0.2) is 0 Å². The standard InChI is InChI=1S/C19H25BrSSi/c1-4-16(14-21-18-12-10-17(20)11-13-18)15-22(2,3)19-8-6-5-7-9-19/h5-13,16H,4,14-15H2,1-3H3. The third kappa shape index (κ3) is 5.29. The van der Waals surface area contributed by atoms with Crippen molar-refractivity contribution < 1.29 is 0 Å². The molecule has 22 heavy (non-hydrogen) atoms. The first-order valence-electron chi connectivity index (χ1n) is 7.95. The average Bonchev–Trinajstić information content (AvgIpc) is 2.53. The summed E-state index contributed by atoms with van der Waals surface area (Å²) in [5.41, 5.74) is 0. The van der Waals surface area contributed by atoms with Gasteiger partial charge in [-0.1, -0.05) is 77.9 Å². The molecule has 1 unspecified atom stereocenters. The molecule has 3 heteroatoms. The number of benzene rings is 2. The molecule has 1 atom stereocenters. The lowest BCUT2D eigenvalue weighted by atomic mass is 10.1. The van der Waals surface area contributed by atoms with Crippen LogP contribution in [0.2, 0.25) is 19.1 Å². The van der Waals surface area contributed by atoms with Crippen LogP contribution >= 0.6 is 27.7 Å². The zero-order valence-electron chi connectivity index (χ0n) is 13.7. The van der Waals surface area contributed by atoms with Gasteiger partial charge in [-0.15, -0.1) is 11.8 Å². The first kappa shape index (κ1) is 17.8. The highest BCUT2D eigenvalue weighted by Crippen LogP contribution is 2.28. The van der Waals surface area contributed by atoms with Crippen LogP contribution in [-0.4, -0.2) is 13.8 Å². The van der Waals surface area contributed by atoms with E-state index in [0.29, 0.717) is 0 Å². The third-order valence-corrected chi connectivity index (χ3v) is 9.50. The molecule has 2 rings (SSSR count). The summed E-state index contributed by atoms with van der Waals surface area (Å²) in [6.07, 6.45) is 1.27. The van der Waals surface area contributed by atoms with Gasteiger partial charge in [-0.3, -0.25) is 0 Å². The van der Waals surface area contributed by atoms with Gasteiger partial charge in [0.2, 0.25) is 0 Å². The molecule has 0 aliphatic carbocycles. The summed E-state index contributed by atoms with van der Waals surface area (Å²) in [7, 11) is -1.33. The first-order valence-corrected chi connectivity index (χ1v) is 12.9. The molecule has 0 N–H and O–H groups in total. The molecule has 2 aromatic carbocycles. The molecule has 0 fully saturated rings. The number of thioether (sulfide) groups is 1. The summed E-state index contributed by atoms with van der Waals surface area (Å²) in [5, 5.41) is 1.59. The van der Waals surface area contributed by atoms with Crippen LogP contribution in [0.5, 0.6) is 0 Å². The van der Waals surface area contributed by atoms with E-state index in [1.807, 2.05) is 11.8 Å². The van der Waals surface area contributed by atoms with Crippen LogP contribution in [0.1, 0.15) is 13.3 Å². The first-order chi connectivity index (χ1) is 10.5. The maximum Gasteiger partial charge on any atom is 0.0809 e. The second kappa shape index (κ2) is 8.37.